The van der Waals surface area contributed by atoms with Crippen LogP contribution in [-0.2, 0) is 0 Å². The molecule has 0 saturated heterocycles. The number of carbonyl (C=O) groups excluding carboxylic acids is 1. The molecule has 0 fully saturated rings. The first kappa shape index (κ1) is 19.9. The van der Waals surface area contributed by atoms with Gasteiger partial charge in [-0.05, 0) is 88.3 Å². The molecule has 4 nitrogen and oxygen atoms in total. The molecule has 0 aliphatic carbocycles. The van der Waals surface area contributed by atoms with Crippen molar-refractivity contribution in [2.24, 2.45) is 0 Å². The molecular weight excluding hydrogens is 597 g/mol. The third kappa shape index (κ3) is 3.88. The molecule has 1 amide bonds. The number of rotatable bonds is 3. The second-order valence-electron chi connectivity index (χ2n) is 4.72. The number of carboxylic acid groups (broad SMARTS) is 1. The summed E-state index contributed by atoms with van der Waals surface area (Å²) in [6.07, 6.45) is 0. The third-order valence-corrected chi connectivity index (χ3v) is 8.16. The summed E-state index contributed by atoms with van der Waals surface area (Å²) in [7, 11) is 0. The van der Waals surface area contributed by atoms with E-state index in [-0.39, 0.29) is 15.6 Å². The van der Waals surface area contributed by atoms with Crippen LogP contribution in [0.15, 0.2) is 36.1 Å². The molecule has 0 unspecified atom stereocenters. The van der Waals surface area contributed by atoms with Crippen molar-refractivity contribution in [3.63, 3.8) is 0 Å². The number of anilines is 1. The number of aryl methyl sites for hydroxylation is 1. The summed E-state index contributed by atoms with van der Waals surface area (Å²) in [4.78, 5) is 24.4. The number of nitrogens with one attached hydrogen (secondary N) is 1. The van der Waals surface area contributed by atoms with Crippen molar-refractivity contribution in [2.45, 2.75) is 6.92 Å². The molecule has 0 aliphatic heterocycles. The number of benzene rings is 2. The van der Waals surface area contributed by atoms with Gasteiger partial charge >= 0.3 is 5.97 Å². The fourth-order valence-corrected chi connectivity index (χ4v) is 4.60. The van der Waals surface area contributed by atoms with Gasteiger partial charge in [0.1, 0.15) is 0 Å². The smallest absolute Gasteiger partial charge is 0.337 e. The van der Waals surface area contributed by atoms with E-state index in [0.717, 1.165) is 5.56 Å². The molecular formula is C15H8Br4ClNO3. The van der Waals surface area contributed by atoms with Gasteiger partial charge in [0.2, 0.25) is 0 Å². The number of aromatic carboxylic acids is 1. The SMILES string of the molecule is Cc1ccc(Cl)cc1NC(=O)c1c(Br)c(Br)c(Br)c(Br)c1C(=O)O. The lowest BCUT2D eigenvalue weighted by atomic mass is 10.1. The fraction of sp³-hybridized carbons (Fsp3) is 0.0667. The average molecular weight is 605 g/mol. The van der Waals surface area contributed by atoms with Crippen molar-refractivity contribution in [1.29, 1.82) is 0 Å². The van der Waals surface area contributed by atoms with E-state index in [2.05, 4.69) is 69.0 Å². The number of hydrogen-bond donors (Lipinski definition) is 2. The zero-order chi connectivity index (χ0) is 18.2. The summed E-state index contributed by atoms with van der Waals surface area (Å²) in [5, 5.41) is 12.7. The van der Waals surface area contributed by atoms with Gasteiger partial charge in [-0.15, -0.1) is 0 Å². The minimum Gasteiger partial charge on any atom is -0.478 e. The zero-order valence-corrected chi connectivity index (χ0v) is 19.0. The van der Waals surface area contributed by atoms with E-state index in [1.54, 1.807) is 18.2 Å². The molecule has 0 saturated carbocycles. The van der Waals surface area contributed by atoms with Crippen LogP contribution in [0.25, 0.3) is 0 Å². The second-order valence-corrected chi connectivity index (χ2v) is 8.33. The first-order chi connectivity index (χ1) is 11.1. The minimum absolute atomic E-state index is 0.0103. The summed E-state index contributed by atoms with van der Waals surface area (Å²) in [6.45, 7) is 1.81. The summed E-state index contributed by atoms with van der Waals surface area (Å²) in [6, 6.07) is 5.07. The molecule has 0 aromatic heterocycles. The van der Waals surface area contributed by atoms with Crippen LogP contribution in [0.2, 0.25) is 5.02 Å². The summed E-state index contributed by atoms with van der Waals surface area (Å²) >= 11 is 19.1. The van der Waals surface area contributed by atoms with Crippen molar-refractivity contribution in [2.75, 3.05) is 5.32 Å². The Morgan fingerprint density at radius 3 is 2.08 bits per heavy atom. The standard InChI is InChI=1S/C15H8Br4ClNO3/c1-5-2-3-6(20)4-7(5)21-14(22)8-9(15(23)24)11(17)13(19)12(18)10(8)16/h2-4H,1H3,(H,21,22)(H,23,24). The molecule has 2 rings (SSSR count). The monoisotopic (exact) mass is 601 g/mol. The topological polar surface area (TPSA) is 66.4 Å². The van der Waals surface area contributed by atoms with Crippen LogP contribution in [0.3, 0.4) is 0 Å². The number of carboxylic acids is 1. The van der Waals surface area contributed by atoms with E-state index >= 15 is 0 Å². The zero-order valence-electron chi connectivity index (χ0n) is 11.9. The van der Waals surface area contributed by atoms with Crippen molar-refractivity contribution in [1.82, 2.24) is 0 Å². The summed E-state index contributed by atoms with van der Waals surface area (Å²) in [5.41, 5.74) is 1.14. The molecule has 0 aliphatic rings. The third-order valence-electron chi connectivity index (χ3n) is 3.16. The molecule has 24 heavy (non-hydrogen) atoms. The Morgan fingerprint density at radius 1 is 1.00 bits per heavy atom. The molecule has 2 aromatic carbocycles. The van der Waals surface area contributed by atoms with Crippen LogP contribution in [-0.4, -0.2) is 17.0 Å². The van der Waals surface area contributed by atoms with Gasteiger partial charge < -0.3 is 10.4 Å². The number of hydrogen-bond acceptors (Lipinski definition) is 2. The molecule has 2 aromatic rings. The van der Waals surface area contributed by atoms with E-state index in [4.69, 9.17) is 11.6 Å². The Hall–Kier alpha value is -0.410. The number of halogens is 5. The van der Waals surface area contributed by atoms with Gasteiger partial charge in [0, 0.05) is 28.6 Å². The Morgan fingerprint density at radius 2 is 1.54 bits per heavy atom. The van der Waals surface area contributed by atoms with E-state index in [1.165, 1.54) is 0 Å². The Labute approximate surface area is 176 Å². The first-order valence-electron chi connectivity index (χ1n) is 6.31. The van der Waals surface area contributed by atoms with Gasteiger partial charge in [0.25, 0.3) is 5.91 Å². The molecule has 9 heteroatoms. The van der Waals surface area contributed by atoms with Crippen LogP contribution < -0.4 is 5.32 Å². The average Bonchev–Trinajstić information content (AvgIpc) is 2.51. The molecule has 0 heterocycles. The van der Waals surface area contributed by atoms with Crippen molar-refractivity contribution in [3.8, 4) is 0 Å². The quantitative estimate of drug-likeness (QED) is 0.305. The van der Waals surface area contributed by atoms with Gasteiger partial charge in [-0.1, -0.05) is 17.7 Å². The van der Waals surface area contributed by atoms with E-state index in [1.807, 2.05) is 6.92 Å². The number of carbonyl (C=O) groups is 2. The molecule has 2 N–H and O–H groups in total. The highest BCUT2D eigenvalue weighted by atomic mass is 79.9. The first-order valence-corrected chi connectivity index (χ1v) is 9.86. The van der Waals surface area contributed by atoms with Crippen LogP contribution in [0.5, 0.6) is 0 Å². The van der Waals surface area contributed by atoms with E-state index in [0.29, 0.717) is 24.1 Å². The highest BCUT2D eigenvalue weighted by Gasteiger charge is 2.28. The van der Waals surface area contributed by atoms with Gasteiger partial charge in [0.15, 0.2) is 0 Å². The lowest BCUT2D eigenvalue weighted by molar-refractivity contribution is 0.0691. The predicted octanol–water partition coefficient (Wildman–Crippen LogP) is 6.65. The van der Waals surface area contributed by atoms with Gasteiger partial charge in [-0.25, -0.2) is 4.79 Å². The number of amides is 1. The Bertz CT molecular complexity index is 871. The maximum absolute atomic E-state index is 12.7. The molecule has 0 spiro atoms. The highest BCUT2D eigenvalue weighted by molar-refractivity contribution is 9.15. The minimum atomic E-state index is -1.23. The van der Waals surface area contributed by atoms with Gasteiger partial charge in [-0.3, -0.25) is 4.79 Å². The lowest BCUT2D eigenvalue weighted by Gasteiger charge is -2.15. The van der Waals surface area contributed by atoms with Crippen LogP contribution in [0.4, 0.5) is 5.69 Å². The van der Waals surface area contributed by atoms with Crippen molar-refractivity contribution >= 4 is 92.9 Å². The van der Waals surface area contributed by atoms with Crippen LogP contribution >= 0.6 is 75.3 Å². The molecule has 0 atom stereocenters. The van der Waals surface area contributed by atoms with Crippen LogP contribution in [0, 0.1) is 6.92 Å². The van der Waals surface area contributed by atoms with Crippen LogP contribution in [0.1, 0.15) is 26.3 Å². The maximum atomic E-state index is 12.7. The van der Waals surface area contributed by atoms with E-state index in [9.17, 15) is 14.7 Å². The van der Waals surface area contributed by atoms with Gasteiger partial charge in [0.05, 0.1) is 11.1 Å². The van der Waals surface area contributed by atoms with E-state index < -0.39 is 11.9 Å². The fourth-order valence-electron chi connectivity index (χ4n) is 1.96. The highest BCUT2D eigenvalue weighted by Crippen LogP contribution is 2.42. The summed E-state index contributed by atoms with van der Waals surface area (Å²) < 4.78 is 1.60. The van der Waals surface area contributed by atoms with Crippen molar-refractivity contribution in [3.05, 3.63) is 57.8 Å². The Balaban J connectivity index is 2.61. The second kappa shape index (κ2) is 7.86. The molecule has 0 radical (unpaired) electrons. The largest absolute Gasteiger partial charge is 0.478 e. The Kier molecular flexibility index (Phi) is 6.52. The van der Waals surface area contributed by atoms with Crippen molar-refractivity contribution < 1.29 is 14.7 Å². The van der Waals surface area contributed by atoms with Gasteiger partial charge in [-0.2, -0.15) is 0 Å². The normalized spacial score (nSPS) is 10.6. The molecule has 0 bridgehead atoms. The molecule has 126 valence electrons. The predicted molar refractivity (Wildman–Crippen MR) is 108 cm³/mol. The summed E-state index contributed by atoms with van der Waals surface area (Å²) in [5.74, 6) is -1.80. The maximum Gasteiger partial charge on any atom is 0.337 e. The lowest BCUT2D eigenvalue weighted by Crippen LogP contribution is -2.19.